The number of nitrogens with one attached hydrogen (secondary N) is 1. The predicted molar refractivity (Wildman–Crippen MR) is 66.8 cm³/mol. The molecule has 1 atom stereocenters. The van der Waals surface area contributed by atoms with E-state index in [0.717, 1.165) is 19.4 Å². The average molecular weight is 247 g/mol. The molecule has 2 rings (SSSR count). The summed E-state index contributed by atoms with van der Waals surface area (Å²) in [5.41, 5.74) is 0.677. The third-order valence-corrected chi connectivity index (χ3v) is 2.69. The van der Waals surface area contributed by atoms with Gasteiger partial charge in [-0.15, -0.1) is 0 Å². The molecule has 2 aromatic heterocycles. The highest BCUT2D eigenvalue weighted by Gasteiger charge is 2.13. The normalized spacial score (nSPS) is 12.6. The van der Waals surface area contributed by atoms with Gasteiger partial charge in [0.15, 0.2) is 0 Å². The molecule has 0 saturated carbocycles. The second-order valence-corrected chi connectivity index (χ2v) is 3.97. The minimum absolute atomic E-state index is 0.369. The zero-order valence-corrected chi connectivity index (χ0v) is 10.6. The van der Waals surface area contributed by atoms with E-state index in [0.29, 0.717) is 23.5 Å². The van der Waals surface area contributed by atoms with Crippen molar-refractivity contribution >= 4 is 0 Å². The van der Waals surface area contributed by atoms with E-state index < -0.39 is 0 Å². The molecule has 0 aliphatic rings. The lowest BCUT2D eigenvalue weighted by Crippen LogP contribution is -2.30. The van der Waals surface area contributed by atoms with Gasteiger partial charge in [0.2, 0.25) is 11.7 Å². The molecule has 0 bridgehead atoms. The molecule has 0 fully saturated rings. The highest BCUT2D eigenvalue weighted by atomic mass is 16.5. The molecule has 2 heterocycles. The van der Waals surface area contributed by atoms with Crippen LogP contribution in [0.2, 0.25) is 0 Å². The van der Waals surface area contributed by atoms with Gasteiger partial charge in [0.05, 0.1) is 0 Å². The molecule has 6 nitrogen and oxygen atoms in total. The Morgan fingerprint density at radius 3 is 2.94 bits per heavy atom. The SMILES string of the molecule is CCNC(CC)Cc1nc(-c2ccncn2)no1. The molecule has 0 saturated heterocycles. The summed E-state index contributed by atoms with van der Waals surface area (Å²) in [6, 6.07) is 2.13. The van der Waals surface area contributed by atoms with E-state index in [9.17, 15) is 0 Å². The Kier molecular flexibility index (Phi) is 4.35. The minimum Gasteiger partial charge on any atom is -0.339 e. The van der Waals surface area contributed by atoms with E-state index in [4.69, 9.17) is 4.52 Å². The molecule has 0 spiro atoms. The van der Waals surface area contributed by atoms with Gasteiger partial charge in [-0.25, -0.2) is 9.97 Å². The number of rotatable bonds is 6. The summed E-state index contributed by atoms with van der Waals surface area (Å²) in [6.45, 7) is 5.16. The van der Waals surface area contributed by atoms with Crippen LogP contribution in [-0.4, -0.2) is 32.7 Å². The predicted octanol–water partition coefficient (Wildman–Crippen LogP) is 1.46. The average Bonchev–Trinajstić information content (AvgIpc) is 2.88. The van der Waals surface area contributed by atoms with E-state index in [1.807, 2.05) is 0 Å². The fourth-order valence-corrected chi connectivity index (χ4v) is 1.73. The maximum absolute atomic E-state index is 5.24. The van der Waals surface area contributed by atoms with E-state index >= 15 is 0 Å². The van der Waals surface area contributed by atoms with E-state index in [1.165, 1.54) is 6.33 Å². The first-order chi connectivity index (χ1) is 8.83. The molecule has 2 aromatic rings. The van der Waals surface area contributed by atoms with Crippen LogP contribution in [0.5, 0.6) is 0 Å². The highest BCUT2D eigenvalue weighted by Crippen LogP contribution is 2.12. The van der Waals surface area contributed by atoms with Crippen molar-refractivity contribution in [3.05, 3.63) is 24.5 Å². The lowest BCUT2D eigenvalue weighted by Gasteiger charge is -2.12. The number of nitrogens with zero attached hydrogens (tertiary/aromatic N) is 4. The number of aromatic nitrogens is 4. The first kappa shape index (κ1) is 12.6. The molecule has 96 valence electrons. The summed E-state index contributed by atoms with van der Waals surface area (Å²) in [5.74, 6) is 1.15. The fraction of sp³-hybridized carbons (Fsp3) is 0.500. The summed E-state index contributed by atoms with van der Waals surface area (Å²) < 4.78 is 5.24. The Balaban J connectivity index is 2.06. The first-order valence-corrected chi connectivity index (χ1v) is 6.15. The van der Waals surface area contributed by atoms with Crippen molar-refractivity contribution in [2.45, 2.75) is 32.7 Å². The van der Waals surface area contributed by atoms with Gasteiger partial charge in [-0.05, 0) is 19.0 Å². The molecule has 0 aliphatic carbocycles. The second kappa shape index (κ2) is 6.20. The number of hydrogen-bond acceptors (Lipinski definition) is 6. The Morgan fingerprint density at radius 2 is 2.28 bits per heavy atom. The van der Waals surface area contributed by atoms with Gasteiger partial charge in [-0.1, -0.05) is 19.0 Å². The van der Waals surface area contributed by atoms with Crippen LogP contribution < -0.4 is 5.32 Å². The zero-order valence-electron chi connectivity index (χ0n) is 10.6. The molecule has 0 aromatic carbocycles. The molecular weight excluding hydrogens is 230 g/mol. The smallest absolute Gasteiger partial charge is 0.228 e. The largest absolute Gasteiger partial charge is 0.339 e. The molecule has 0 radical (unpaired) electrons. The third kappa shape index (κ3) is 3.10. The summed E-state index contributed by atoms with van der Waals surface area (Å²) >= 11 is 0. The molecule has 0 aliphatic heterocycles. The van der Waals surface area contributed by atoms with Gasteiger partial charge in [-0.2, -0.15) is 4.98 Å². The van der Waals surface area contributed by atoms with Crippen LogP contribution in [0.25, 0.3) is 11.5 Å². The van der Waals surface area contributed by atoms with Gasteiger partial charge in [0.25, 0.3) is 0 Å². The van der Waals surface area contributed by atoms with Crippen LogP contribution in [0.1, 0.15) is 26.2 Å². The Bertz CT molecular complexity index is 470. The van der Waals surface area contributed by atoms with Crippen LogP contribution in [0.4, 0.5) is 0 Å². The van der Waals surface area contributed by atoms with Gasteiger partial charge in [-0.3, -0.25) is 0 Å². The topological polar surface area (TPSA) is 76.7 Å². The quantitative estimate of drug-likeness (QED) is 0.832. The standard InChI is InChI=1S/C12H17N5O/c1-3-9(14-4-2)7-11-16-12(17-18-11)10-5-6-13-8-15-10/h5-6,8-9,14H,3-4,7H2,1-2H3. The summed E-state index contributed by atoms with van der Waals surface area (Å²) in [5, 5.41) is 7.31. The molecule has 1 unspecified atom stereocenters. The van der Waals surface area contributed by atoms with Gasteiger partial charge < -0.3 is 9.84 Å². The molecule has 1 N–H and O–H groups in total. The summed E-state index contributed by atoms with van der Waals surface area (Å²) in [6.07, 6.45) is 4.90. The van der Waals surface area contributed by atoms with E-state index in [1.54, 1.807) is 12.3 Å². The Labute approximate surface area is 106 Å². The minimum atomic E-state index is 0.369. The van der Waals surface area contributed by atoms with E-state index in [-0.39, 0.29) is 0 Å². The van der Waals surface area contributed by atoms with Crippen molar-refractivity contribution in [1.29, 1.82) is 0 Å². The van der Waals surface area contributed by atoms with Gasteiger partial charge in [0.1, 0.15) is 12.0 Å². The van der Waals surface area contributed by atoms with E-state index in [2.05, 4.69) is 39.3 Å². The Morgan fingerprint density at radius 1 is 1.39 bits per heavy atom. The summed E-state index contributed by atoms with van der Waals surface area (Å²) in [7, 11) is 0. The number of hydrogen-bond donors (Lipinski definition) is 1. The van der Waals surface area contributed by atoms with Crippen LogP contribution in [0.3, 0.4) is 0 Å². The highest BCUT2D eigenvalue weighted by molar-refractivity contribution is 5.46. The molecule has 6 heteroatoms. The van der Waals surface area contributed by atoms with Crippen molar-refractivity contribution in [3.63, 3.8) is 0 Å². The molecule has 0 amide bonds. The van der Waals surface area contributed by atoms with Crippen LogP contribution >= 0.6 is 0 Å². The zero-order chi connectivity index (χ0) is 12.8. The van der Waals surface area contributed by atoms with Crippen LogP contribution in [0.15, 0.2) is 23.1 Å². The van der Waals surface area contributed by atoms with Crippen LogP contribution in [-0.2, 0) is 6.42 Å². The van der Waals surface area contributed by atoms with Crippen molar-refractivity contribution in [2.75, 3.05) is 6.54 Å². The number of likely N-dealkylation sites (N-methyl/N-ethyl adjacent to an activating group) is 1. The van der Waals surface area contributed by atoms with Crippen molar-refractivity contribution < 1.29 is 4.52 Å². The van der Waals surface area contributed by atoms with Crippen LogP contribution in [0, 0.1) is 0 Å². The van der Waals surface area contributed by atoms with Gasteiger partial charge >= 0.3 is 0 Å². The van der Waals surface area contributed by atoms with Crippen molar-refractivity contribution in [3.8, 4) is 11.5 Å². The first-order valence-electron chi connectivity index (χ1n) is 6.15. The maximum Gasteiger partial charge on any atom is 0.228 e. The Hall–Kier alpha value is -1.82. The van der Waals surface area contributed by atoms with Crippen molar-refractivity contribution in [1.82, 2.24) is 25.4 Å². The summed E-state index contributed by atoms with van der Waals surface area (Å²) in [4.78, 5) is 12.3. The monoisotopic (exact) mass is 247 g/mol. The fourth-order valence-electron chi connectivity index (χ4n) is 1.73. The lowest BCUT2D eigenvalue weighted by atomic mass is 10.1. The maximum atomic E-state index is 5.24. The third-order valence-electron chi connectivity index (χ3n) is 2.69. The van der Waals surface area contributed by atoms with Gasteiger partial charge in [0, 0.05) is 18.7 Å². The lowest BCUT2D eigenvalue weighted by molar-refractivity contribution is 0.355. The molecular formula is C12H17N5O. The second-order valence-electron chi connectivity index (χ2n) is 3.97. The van der Waals surface area contributed by atoms with Crippen molar-refractivity contribution in [2.24, 2.45) is 0 Å². The molecule has 18 heavy (non-hydrogen) atoms.